The molecule has 0 saturated carbocycles. The van der Waals surface area contributed by atoms with Crippen molar-refractivity contribution in [2.45, 2.75) is 26.3 Å². The second kappa shape index (κ2) is 6.54. The first-order valence-electron chi connectivity index (χ1n) is 7.15. The van der Waals surface area contributed by atoms with Crippen molar-refractivity contribution in [1.29, 1.82) is 0 Å². The largest absolute Gasteiger partial charge is 0.349 e. The van der Waals surface area contributed by atoms with Crippen LogP contribution in [0.2, 0.25) is 5.02 Å². The van der Waals surface area contributed by atoms with Gasteiger partial charge in [-0.2, -0.15) is 0 Å². The minimum Gasteiger partial charge on any atom is -0.349 e. The molecule has 0 aromatic heterocycles. The number of carbonyl (C=O) groups is 1. The lowest BCUT2D eigenvalue weighted by Crippen LogP contribution is -2.37. The molecule has 7 heteroatoms. The molecule has 0 aliphatic carbocycles. The van der Waals surface area contributed by atoms with Crippen molar-refractivity contribution < 1.29 is 17.6 Å². The van der Waals surface area contributed by atoms with Crippen molar-refractivity contribution in [3.63, 3.8) is 0 Å². The molecule has 1 aliphatic heterocycles. The topological polar surface area (TPSA) is 63.2 Å². The van der Waals surface area contributed by atoms with E-state index in [-0.39, 0.29) is 28.4 Å². The Morgan fingerprint density at radius 1 is 1.41 bits per heavy atom. The third-order valence-electron chi connectivity index (χ3n) is 3.87. The molecule has 122 valence electrons. The van der Waals surface area contributed by atoms with Crippen LogP contribution in [0.1, 0.15) is 31.9 Å². The lowest BCUT2D eigenvalue weighted by Gasteiger charge is -2.25. The van der Waals surface area contributed by atoms with Crippen molar-refractivity contribution in [1.82, 2.24) is 5.32 Å². The molecule has 1 fully saturated rings. The second-order valence-corrected chi connectivity index (χ2v) is 8.66. The van der Waals surface area contributed by atoms with Crippen LogP contribution in [0.25, 0.3) is 0 Å². The molecule has 1 heterocycles. The average molecular weight is 348 g/mol. The molecule has 0 radical (unpaired) electrons. The van der Waals surface area contributed by atoms with E-state index in [0.29, 0.717) is 12.0 Å². The maximum atomic E-state index is 14.1. The molecule has 1 aromatic rings. The van der Waals surface area contributed by atoms with E-state index in [4.69, 9.17) is 11.6 Å². The average Bonchev–Trinajstić information content (AvgIpc) is 2.77. The minimum atomic E-state index is -3.13. The number of hydrogen-bond acceptors (Lipinski definition) is 3. The summed E-state index contributed by atoms with van der Waals surface area (Å²) in [4.78, 5) is 12.3. The molecule has 2 atom stereocenters. The summed E-state index contributed by atoms with van der Waals surface area (Å²) in [6.07, 6.45) is 0.322. The Morgan fingerprint density at radius 2 is 2.09 bits per heavy atom. The van der Waals surface area contributed by atoms with Crippen molar-refractivity contribution in [2.24, 2.45) is 11.8 Å². The van der Waals surface area contributed by atoms with Gasteiger partial charge in [-0.25, -0.2) is 12.8 Å². The van der Waals surface area contributed by atoms with E-state index in [2.05, 4.69) is 5.32 Å². The van der Waals surface area contributed by atoms with Gasteiger partial charge in [-0.1, -0.05) is 31.5 Å². The Hall–Kier alpha value is -1.14. The Bertz CT molecular complexity index is 675. The first-order chi connectivity index (χ1) is 10.2. The fraction of sp³-hybridized carbons (Fsp3) is 0.533. The summed E-state index contributed by atoms with van der Waals surface area (Å²) in [5.74, 6) is -1.52. The minimum absolute atomic E-state index is 0.0345. The summed E-state index contributed by atoms with van der Waals surface area (Å²) < 4.78 is 37.0. The molecule has 1 aliphatic rings. The van der Waals surface area contributed by atoms with Gasteiger partial charge in [-0.15, -0.1) is 0 Å². The number of sulfone groups is 1. The van der Waals surface area contributed by atoms with Gasteiger partial charge in [-0.05, 0) is 24.5 Å². The van der Waals surface area contributed by atoms with Crippen molar-refractivity contribution in [2.75, 3.05) is 11.5 Å². The van der Waals surface area contributed by atoms with Crippen molar-refractivity contribution in [3.8, 4) is 0 Å². The number of carbonyl (C=O) groups excluding carboxylic acids is 1. The molecule has 1 saturated heterocycles. The summed E-state index contributed by atoms with van der Waals surface area (Å²) in [5, 5.41) is 3.08. The van der Waals surface area contributed by atoms with Crippen LogP contribution in [0.15, 0.2) is 18.2 Å². The summed E-state index contributed by atoms with van der Waals surface area (Å²) in [6, 6.07) is 3.81. The summed E-state index contributed by atoms with van der Waals surface area (Å²) in [5.41, 5.74) is 0.355. The molecule has 1 N–H and O–H groups in total. The zero-order valence-electron chi connectivity index (χ0n) is 12.5. The molecule has 4 nitrogen and oxygen atoms in total. The number of halogens is 2. The quantitative estimate of drug-likeness (QED) is 0.910. The smallest absolute Gasteiger partial charge is 0.224 e. The Kier molecular flexibility index (Phi) is 5.12. The second-order valence-electron chi connectivity index (χ2n) is 6.00. The monoisotopic (exact) mass is 347 g/mol. The molecule has 1 aromatic carbocycles. The van der Waals surface area contributed by atoms with E-state index < -0.39 is 27.6 Å². The predicted molar refractivity (Wildman–Crippen MR) is 83.9 cm³/mol. The van der Waals surface area contributed by atoms with Crippen LogP contribution in [0.5, 0.6) is 0 Å². The number of nitrogens with one attached hydrogen (secondary N) is 1. The Morgan fingerprint density at radius 3 is 2.59 bits per heavy atom. The number of amides is 1. The summed E-state index contributed by atoms with van der Waals surface area (Å²) in [6.45, 7) is 3.73. The highest BCUT2D eigenvalue weighted by Gasteiger charge is 2.34. The molecular weight excluding hydrogens is 329 g/mol. The molecule has 22 heavy (non-hydrogen) atoms. The maximum absolute atomic E-state index is 14.1. The van der Waals surface area contributed by atoms with E-state index in [0.717, 1.165) is 0 Å². The van der Waals surface area contributed by atoms with E-state index in [1.807, 2.05) is 13.8 Å². The van der Waals surface area contributed by atoms with Crippen LogP contribution in [-0.2, 0) is 14.6 Å². The number of hydrogen-bond donors (Lipinski definition) is 1. The highest BCUT2D eigenvalue weighted by atomic mass is 35.5. The first kappa shape index (κ1) is 17.2. The number of rotatable bonds is 4. The van der Waals surface area contributed by atoms with E-state index in [1.165, 1.54) is 6.07 Å². The van der Waals surface area contributed by atoms with Gasteiger partial charge in [0.15, 0.2) is 9.84 Å². The van der Waals surface area contributed by atoms with E-state index in [1.54, 1.807) is 12.1 Å². The SMILES string of the molecule is CC(C)[C@H](NC(=O)[C@@H]1CCS(=O)(=O)C1)c1ccc(Cl)cc1F. The molecule has 0 unspecified atom stereocenters. The fourth-order valence-electron chi connectivity index (χ4n) is 2.63. The fourth-order valence-corrected chi connectivity index (χ4v) is 4.53. The van der Waals surface area contributed by atoms with Crippen LogP contribution in [-0.4, -0.2) is 25.8 Å². The van der Waals surface area contributed by atoms with Crippen molar-refractivity contribution in [3.05, 3.63) is 34.6 Å². The van der Waals surface area contributed by atoms with Crippen LogP contribution in [0.3, 0.4) is 0 Å². The van der Waals surface area contributed by atoms with Gasteiger partial charge in [0.1, 0.15) is 5.82 Å². The predicted octanol–water partition coefficient (Wildman–Crippen LogP) is 2.73. The zero-order chi connectivity index (χ0) is 16.5. The van der Waals surface area contributed by atoms with Crippen LogP contribution >= 0.6 is 11.6 Å². The Labute approximate surface area is 135 Å². The standard InChI is InChI=1S/C15H19ClFNO3S/c1-9(2)14(12-4-3-11(16)7-13(12)17)18-15(19)10-5-6-22(20,21)8-10/h3-4,7,9-10,14H,5-6,8H2,1-2H3,(H,18,19)/t10-,14+/m1/s1. The third-order valence-corrected chi connectivity index (χ3v) is 5.87. The van der Waals surface area contributed by atoms with Crippen LogP contribution < -0.4 is 5.32 Å². The number of benzene rings is 1. The van der Waals surface area contributed by atoms with Crippen LogP contribution in [0.4, 0.5) is 4.39 Å². The normalized spacial score (nSPS) is 21.8. The van der Waals surface area contributed by atoms with Gasteiger partial charge in [0, 0.05) is 10.6 Å². The van der Waals surface area contributed by atoms with Crippen LogP contribution in [0, 0.1) is 17.7 Å². The molecule has 2 rings (SSSR count). The van der Waals surface area contributed by atoms with Gasteiger partial charge in [0.05, 0.1) is 23.5 Å². The van der Waals surface area contributed by atoms with Gasteiger partial charge in [-0.3, -0.25) is 4.79 Å². The lowest BCUT2D eigenvalue weighted by molar-refractivity contribution is -0.125. The maximum Gasteiger partial charge on any atom is 0.224 e. The molecule has 0 spiro atoms. The highest BCUT2D eigenvalue weighted by Crippen LogP contribution is 2.28. The van der Waals surface area contributed by atoms with E-state index in [9.17, 15) is 17.6 Å². The summed E-state index contributed by atoms with van der Waals surface area (Å²) in [7, 11) is -3.13. The summed E-state index contributed by atoms with van der Waals surface area (Å²) >= 11 is 5.75. The van der Waals surface area contributed by atoms with Gasteiger partial charge in [0.25, 0.3) is 0 Å². The van der Waals surface area contributed by atoms with Gasteiger partial charge in [0.2, 0.25) is 5.91 Å². The Balaban J connectivity index is 2.17. The van der Waals surface area contributed by atoms with Gasteiger partial charge >= 0.3 is 0 Å². The van der Waals surface area contributed by atoms with E-state index >= 15 is 0 Å². The lowest BCUT2D eigenvalue weighted by atomic mass is 9.94. The molecular formula is C15H19ClFNO3S. The zero-order valence-corrected chi connectivity index (χ0v) is 14.0. The third kappa shape index (κ3) is 3.98. The van der Waals surface area contributed by atoms with Crippen molar-refractivity contribution >= 4 is 27.3 Å². The molecule has 0 bridgehead atoms. The highest BCUT2D eigenvalue weighted by molar-refractivity contribution is 7.91. The first-order valence-corrected chi connectivity index (χ1v) is 9.35. The molecule has 1 amide bonds. The van der Waals surface area contributed by atoms with Gasteiger partial charge < -0.3 is 5.32 Å².